The highest BCUT2D eigenvalue weighted by atomic mass is 35.5. The summed E-state index contributed by atoms with van der Waals surface area (Å²) in [6, 6.07) is 9.69. The maximum absolute atomic E-state index is 14.3. The number of halogens is 3. The third-order valence-corrected chi connectivity index (χ3v) is 7.35. The molecule has 0 heterocycles. The molecule has 0 fully saturated rings. The number of para-hydroxylation sites is 1. The number of rotatable bonds is 12. The largest absolute Gasteiger partial charge is 0.352 e. The smallest absolute Gasteiger partial charge is 0.243 e. The zero-order chi connectivity index (χ0) is 27.0. The topological polar surface area (TPSA) is 86.8 Å². The highest BCUT2D eigenvalue weighted by Gasteiger charge is 2.29. The lowest BCUT2D eigenvalue weighted by Crippen LogP contribution is -2.50. The van der Waals surface area contributed by atoms with Gasteiger partial charge in [0.2, 0.25) is 21.8 Å². The van der Waals surface area contributed by atoms with Crippen molar-refractivity contribution in [2.24, 2.45) is 0 Å². The Kier molecular flexibility index (Phi) is 11.0. The van der Waals surface area contributed by atoms with E-state index in [0.717, 1.165) is 10.6 Å². The van der Waals surface area contributed by atoms with Crippen LogP contribution in [0.2, 0.25) is 10.0 Å². The van der Waals surface area contributed by atoms with Gasteiger partial charge in [0.15, 0.2) is 0 Å². The van der Waals surface area contributed by atoms with Crippen molar-refractivity contribution in [2.45, 2.75) is 58.7 Å². The summed E-state index contributed by atoms with van der Waals surface area (Å²) in [5.74, 6) is -1.30. The van der Waals surface area contributed by atoms with E-state index in [9.17, 15) is 22.4 Å². The Morgan fingerprint density at radius 2 is 1.75 bits per heavy atom. The molecule has 1 N–H and O–H groups in total. The van der Waals surface area contributed by atoms with Crippen LogP contribution >= 0.6 is 23.2 Å². The quantitative estimate of drug-likeness (QED) is 0.396. The van der Waals surface area contributed by atoms with E-state index in [1.807, 2.05) is 20.8 Å². The van der Waals surface area contributed by atoms with E-state index in [1.165, 1.54) is 23.1 Å². The van der Waals surface area contributed by atoms with E-state index >= 15 is 0 Å². The van der Waals surface area contributed by atoms with Gasteiger partial charge in [0.05, 0.1) is 22.0 Å². The van der Waals surface area contributed by atoms with Crippen LogP contribution in [0, 0.1) is 5.82 Å². The molecule has 0 aromatic heterocycles. The van der Waals surface area contributed by atoms with Crippen LogP contribution in [-0.2, 0) is 26.2 Å². The van der Waals surface area contributed by atoms with E-state index in [1.54, 1.807) is 24.3 Å². The highest BCUT2D eigenvalue weighted by molar-refractivity contribution is 7.92. The van der Waals surface area contributed by atoms with Gasteiger partial charge in [-0.2, -0.15) is 0 Å². The molecule has 36 heavy (non-hydrogen) atoms. The first-order chi connectivity index (χ1) is 16.8. The van der Waals surface area contributed by atoms with Crippen molar-refractivity contribution in [3.63, 3.8) is 0 Å². The Hall–Kier alpha value is -2.36. The van der Waals surface area contributed by atoms with Gasteiger partial charge >= 0.3 is 0 Å². The standard InChI is InChI=1S/C25H32Cl2FN3O4S/c1-5-22(25(33)29-17(2)3)30(16-18-12-13-19(26)20(27)15-18)24(32)11-8-14-31(36(4,34)35)23-10-7-6-9-21(23)28/h6-7,9-10,12-13,15,17,22H,5,8,11,14,16H2,1-4H3,(H,29,33)/t22-/m1/s1. The van der Waals surface area contributed by atoms with Crippen LogP contribution in [0.25, 0.3) is 0 Å². The first-order valence-electron chi connectivity index (χ1n) is 11.6. The molecule has 2 rings (SSSR count). The summed E-state index contributed by atoms with van der Waals surface area (Å²) in [5, 5.41) is 3.55. The Morgan fingerprint density at radius 3 is 2.31 bits per heavy atom. The lowest BCUT2D eigenvalue weighted by Gasteiger charge is -2.31. The van der Waals surface area contributed by atoms with Gasteiger partial charge in [-0.15, -0.1) is 0 Å². The van der Waals surface area contributed by atoms with Crippen molar-refractivity contribution in [3.8, 4) is 0 Å². The van der Waals surface area contributed by atoms with Gasteiger partial charge < -0.3 is 10.2 Å². The number of nitrogens with one attached hydrogen (secondary N) is 1. The van der Waals surface area contributed by atoms with E-state index in [-0.39, 0.29) is 49.5 Å². The van der Waals surface area contributed by atoms with Crippen LogP contribution in [-0.4, -0.2) is 50.0 Å². The van der Waals surface area contributed by atoms with E-state index in [0.29, 0.717) is 22.0 Å². The lowest BCUT2D eigenvalue weighted by atomic mass is 10.1. The molecule has 0 aliphatic carbocycles. The van der Waals surface area contributed by atoms with Crippen molar-refractivity contribution >= 4 is 50.7 Å². The van der Waals surface area contributed by atoms with Gasteiger partial charge in [-0.05, 0) is 56.5 Å². The summed E-state index contributed by atoms with van der Waals surface area (Å²) >= 11 is 12.2. The molecule has 7 nitrogen and oxygen atoms in total. The number of amides is 2. The number of hydrogen-bond donors (Lipinski definition) is 1. The molecular formula is C25H32Cl2FN3O4S. The monoisotopic (exact) mass is 559 g/mol. The van der Waals surface area contributed by atoms with Crippen LogP contribution in [0.1, 0.15) is 45.6 Å². The van der Waals surface area contributed by atoms with E-state index in [2.05, 4.69) is 5.32 Å². The number of hydrogen-bond acceptors (Lipinski definition) is 4. The molecule has 0 saturated heterocycles. The molecule has 0 saturated carbocycles. The molecule has 0 spiro atoms. The minimum Gasteiger partial charge on any atom is -0.352 e. The average molecular weight is 561 g/mol. The van der Waals surface area contributed by atoms with Crippen molar-refractivity contribution in [2.75, 3.05) is 17.1 Å². The third-order valence-electron chi connectivity index (χ3n) is 5.43. The average Bonchev–Trinajstić information content (AvgIpc) is 2.78. The van der Waals surface area contributed by atoms with Crippen LogP contribution < -0.4 is 9.62 Å². The summed E-state index contributed by atoms with van der Waals surface area (Å²) in [5.41, 5.74) is 0.612. The molecular weight excluding hydrogens is 528 g/mol. The summed E-state index contributed by atoms with van der Waals surface area (Å²) in [6.07, 6.45) is 1.44. The fourth-order valence-electron chi connectivity index (χ4n) is 3.77. The number of benzene rings is 2. The number of carbonyl (C=O) groups is 2. The summed E-state index contributed by atoms with van der Waals surface area (Å²) in [6.45, 7) is 5.49. The minimum absolute atomic E-state index is 0.0484. The molecule has 0 radical (unpaired) electrons. The molecule has 0 aliphatic heterocycles. The molecule has 2 aromatic carbocycles. The predicted molar refractivity (Wildman–Crippen MR) is 142 cm³/mol. The molecule has 0 unspecified atom stereocenters. The summed E-state index contributed by atoms with van der Waals surface area (Å²) in [7, 11) is -3.79. The van der Waals surface area contributed by atoms with Gasteiger partial charge in [-0.3, -0.25) is 13.9 Å². The minimum atomic E-state index is -3.79. The molecule has 2 aromatic rings. The maximum Gasteiger partial charge on any atom is 0.243 e. The van der Waals surface area contributed by atoms with Crippen LogP contribution in [0.15, 0.2) is 42.5 Å². The molecule has 0 bridgehead atoms. The van der Waals surface area contributed by atoms with Crippen molar-refractivity contribution in [3.05, 3.63) is 63.9 Å². The highest BCUT2D eigenvalue weighted by Crippen LogP contribution is 2.25. The second-order valence-electron chi connectivity index (χ2n) is 8.75. The Balaban J connectivity index is 2.26. The molecule has 198 valence electrons. The van der Waals surface area contributed by atoms with Crippen molar-refractivity contribution in [1.82, 2.24) is 10.2 Å². The molecule has 0 aliphatic rings. The van der Waals surface area contributed by atoms with Gasteiger partial charge in [-0.25, -0.2) is 12.8 Å². The Bertz CT molecular complexity index is 1180. The summed E-state index contributed by atoms with van der Waals surface area (Å²) in [4.78, 5) is 27.7. The van der Waals surface area contributed by atoms with Crippen LogP contribution in [0.4, 0.5) is 10.1 Å². The van der Waals surface area contributed by atoms with Crippen LogP contribution in [0.3, 0.4) is 0 Å². The van der Waals surface area contributed by atoms with E-state index < -0.39 is 21.9 Å². The predicted octanol–water partition coefficient (Wildman–Crippen LogP) is 5.01. The SMILES string of the molecule is CC[C@H](C(=O)NC(C)C)N(Cc1ccc(Cl)c(Cl)c1)C(=O)CCCN(c1ccccc1F)S(C)(=O)=O. The van der Waals surface area contributed by atoms with Crippen LogP contribution in [0.5, 0.6) is 0 Å². The summed E-state index contributed by atoms with van der Waals surface area (Å²) < 4.78 is 39.9. The fourth-order valence-corrected chi connectivity index (χ4v) is 5.06. The Morgan fingerprint density at radius 1 is 1.08 bits per heavy atom. The van der Waals surface area contributed by atoms with Gasteiger partial charge in [0, 0.05) is 25.6 Å². The molecule has 2 amide bonds. The number of anilines is 1. The van der Waals surface area contributed by atoms with E-state index in [4.69, 9.17) is 23.2 Å². The lowest BCUT2D eigenvalue weighted by molar-refractivity contribution is -0.141. The zero-order valence-electron chi connectivity index (χ0n) is 20.8. The van der Waals surface area contributed by atoms with Gasteiger partial charge in [0.1, 0.15) is 11.9 Å². The Labute approximate surface area is 222 Å². The fraction of sp³-hybridized carbons (Fsp3) is 0.440. The first kappa shape index (κ1) is 29.9. The number of sulfonamides is 1. The normalized spacial score (nSPS) is 12.3. The van der Waals surface area contributed by atoms with Crippen molar-refractivity contribution < 1.29 is 22.4 Å². The van der Waals surface area contributed by atoms with Crippen molar-refractivity contribution in [1.29, 1.82) is 0 Å². The second-order valence-corrected chi connectivity index (χ2v) is 11.5. The first-order valence-corrected chi connectivity index (χ1v) is 14.2. The van der Waals surface area contributed by atoms with Gasteiger partial charge in [-0.1, -0.05) is 48.3 Å². The second kappa shape index (κ2) is 13.3. The number of carbonyl (C=O) groups excluding carboxylic acids is 2. The zero-order valence-corrected chi connectivity index (χ0v) is 23.1. The van der Waals surface area contributed by atoms with Gasteiger partial charge in [0.25, 0.3) is 0 Å². The number of nitrogens with zero attached hydrogens (tertiary/aromatic N) is 2. The maximum atomic E-state index is 14.3. The molecule has 1 atom stereocenters. The third kappa shape index (κ3) is 8.35. The molecule has 11 heteroatoms.